The van der Waals surface area contributed by atoms with E-state index in [4.69, 9.17) is 4.55 Å². The van der Waals surface area contributed by atoms with E-state index in [9.17, 15) is 8.42 Å². The minimum Gasteiger partial charge on any atom is -0.312 e. The zero-order valence-corrected chi connectivity index (χ0v) is 15.1. The Kier molecular flexibility index (Phi) is 17.8. The summed E-state index contributed by atoms with van der Waals surface area (Å²) < 4.78 is 33.0. The Morgan fingerprint density at radius 3 is 1.48 bits per heavy atom. The lowest BCUT2D eigenvalue weighted by molar-refractivity contribution is 0.261. The van der Waals surface area contributed by atoms with Gasteiger partial charge in [-0.3, -0.25) is 4.55 Å². The van der Waals surface area contributed by atoms with Crippen LogP contribution in [-0.4, -0.2) is 45.6 Å². The lowest BCUT2D eigenvalue weighted by Gasteiger charge is -2.02. The van der Waals surface area contributed by atoms with Gasteiger partial charge in [-0.25, -0.2) is 4.18 Å². The molecule has 0 saturated heterocycles. The van der Waals surface area contributed by atoms with Gasteiger partial charge < -0.3 is 4.90 Å². The van der Waals surface area contributed by atoms with Crippen molar-refractivity contribution in [3.05, 3.63) is 0 Å². The third kappa shape index (κ3) is 33.0. The lowest BCUT2D eigenvalue weighted by Crippen LogP contribution is -2.04. The molecule has 0 unspecified atom stereocenters. The highest BCUT2D eigenvalue weighted by Gasteiger charge is 2.02. The van der Waals surface area contributed by atoms with Crippen LogP contribution in [-0.2, 0) is 14.6 Å². The van der Waals surface area contributed by atoms with Crippen molar-refractivity contribution in [3.8, 4) is 0 Å². The predicted octanol–water partition coefficient (Wildman–Crippen LogP) is 3.90. The Labute approximate surface area is 132 Å². The van der Waals surface area contributed by atoms with Crippen molar-refractivity contribution in [1.29, 1.82) is 0 Å². The fourth-order valence-electron chi connectivity index (χ4n) is 1.75. The molecule has 5 nitrogen and oxygen atoms in total. The van der Waals surface area contributed by atoms with Gasteiger partial charge in [0.05, 0.1) is 6.61 Å². The molecular formula is C15H35NO4S. The quantitative estimate of drug-likeness (QED) is 0.435. The van der Waals surface area contributed by atoms with Crippen molar-refractivity contribution in [2.24, 2.45) is 0 Å². The van der Waals surface area contributed by atoms with E-state index in [0.717, 1.165) is 12.8 Å². The van der Waals surface area contributed by atoms with E-state index in [1.807, 2.05) is 26.0 Å². The summed E-state index contributed by atoms with van der Waals surface area (Å²) in [6.45, 7) is 2.31. The molecule has 0 aromatic heterocycles. The molecule has 0 aromatic carbocycles. The van der Waals surface area contributed by atoms with Gasteiger partial charge >= 0.3 is 10.4 Å². The molecule has 0 aliphatic heterocycles. The highest BCUT2D eigenvalue weighted by atomic mass is 32.3. The van der Waals surface area contributed by atoms with Crippen LogP contribution in [0.5, 0.6) is 0 Å². The van der Waals surface area contributed by atoms with Gasteiger partial charge in [0.1, 0.15) is 0 Å². The molecule has 0 heterocycles. The molecule has 0 atom stereocenters. The van der Waals surface area contributed by atoms with Gasteiger partial charge in [0, 0.05) is 0 Å². The van der Waals surface area contributed by atoms with Crippen LogP contribution in [0.15, 0.2) is 0 Å². The minimum absolute atomic E-state index is 0.0926. The Morgan fingerprint density at radius 2 is 1.14 bits per heavy atom. The van der Waals surface area contributed by atoms with E-state index >= 15 is 0 Å². The number of nitrogens with zero attached hydrogens (tertiary/aromatic N) is 1. The largest absolute Gasteiger partial charge is 0.397 e. The summed E-state index contributed by atoms with van der Waals surface area (Å²) in [6.07, 6.45) is 11.9. The normalized spacial score (nSPS) is 11.3. The summed E-state index contributed by atoms with van der Waals surface area (Å²) >= 11 is 0. The van der Waals surface area contributed by atoms with Gasteiger partial charge in [-0.2, -0.15) is 8.42 Å². The van der Waals surface area contributed by atoms with Crippen molar-refractivity contribution in [2.45, 2.75) is 71.1 Å². The highest BCUT2D eigenvalue weighted by molar-refractivity contribution is 7.80. The summed E-state index contributed by atoms with van der Waals surface area (Å²) in [5.74, 6) is 0. The summed E-state index contributed by atoms with van der Waals surface area (Å²) in [7, 11) is 1.77. The second kappa shape index (κ2) is 16.2. The Hall–Kier alpha value is -0.170. The molecule has 0 aromatic rings. The summed E-state index contributed by atoms with van der Waals surface area (Å²) in [5, 5.41) is 0. The Bertz CT molecular complexity index is 289. The first-order valence-corrected chi connectivity index (χ1v) is 9.39. The molecule has 0 aliphatic rings. The SMILES string of the molecule is CCCCCCCCCCCCOS(=O)(=O)O.CN(C)C. The molecule has 0 spiro atoms. The van der Waals surface area contributed by atoms with Gasteiger partial charge in [0.25, 0.3) is 0 Å². The second-order valence-electron chi connectivity index (χ2n) is 5.77. The van der Waals surface area contributed by atoms with Crippen molar-refractivity contribution in [2.75, 3.05) is 27.7 Å². The van der Waals surface area contributed by atoms with Crippen molar-refractivity contribution in [1.82, 2.24) is 4.90 Å². The molecule has 0 amide bonds. The third-order valence-electron chi connectivity index (χ3n) is 2.73. The van der Waals surface area contributed by atoms with Crippen molar-refractivity contribution >= 4 is 10.4 Å². The zero-order valence-electron chi connectivity index (χ0n) is 14.3. The summed E-state index contributed by atoms with van der Waals surface area (Å²) in [6, 6.07) is 0. The van der Waals surface area contributed by atoms with Crippen LogP contribution in [0.3, 0.4) is 0 Å². The van der Waals surface area contributed by atoms with Gasteiger partial charge in [-0.1, -0.05) is 64.7 Å². The topological polar surface area (TPSA) is 66.8 Å². The molecule has 0 rings (SSSR count). The molecule has 21 heavy (non-hydrogen) atoms. The maximum absolute atomic E-state index is 10.2. The van der Waals surface area contributed by atoms with E-state index < -0.39 is 10.4 Å². The number of unbranched alkanes of at least 4 members (excludes halogenated alkanes) is 9. The molecule has 0 radical (unpaired) electrons. The summed E-state index contributed by atoms with van der Waals surface area (Å²) in [5.41, 5.74) is 0. The molecule has 0 saturated carbocycles. The van der Waals surface area contributed by atoms with Gasteiger partial charge in [-0.15, -0.1) is 0 Å². The molecule has 0 bridgehead atoms. The fourth-order valence-corrected chi connectivity index (χ4v) is 2.08. The number of hydrogen-bond donors (Lipinski definition) is 1. The Morgan fingerprint density at radius 1 is 0.810 bits per heavy atom. The van der Waals surface area contributed by atoms with E-state index in [1.165, 1.54) is 44.9 Å². The minimum atomic E-state index is -4.23. The number of rotatable bonds is 12. The van der Waals surface area contributed by atoms with Gasteiger partial charge in [0.15, 0.2) is 0 Å². The number of hydrogen-bond acceptors (Lipinski definition) is 4. The highest BCUT2D eigenvalue weighted by Crippen LogP contribution is 2.10. The predicted molar refractivity (Wildman–Crippen MR) is 89.0 cm³/mol. The van der Waals surface area contributed by atoms with Gasteiger partial charge in [-0.05, 0) is 27.6 Å². The van der Waals surface area contributed by atoms with Crippen LogP contribution in [0.4, 0.5) is 0 Å². The smallest absolute Gasteiger partial charge is 0.312 e. The molecule has 0 aliphatic carbocycles. The van der Waals surface area contributed by atoms with Gasteiger partial charge in [0.2, 0.25) is 0 Å². The van der Waals surface area contributed by atoms with E-state index in [1.54, 1.807) is 0 Å². The van der Waals surface area contributed by atoms with Crippen molar-refractivity contribution in [3.63, 3.8) is 0 Å². The summed E-state index contributed by atoms with van der Waals surface area (Å²) in [4.78, 5) is 2.00. The van der Waals surface area contributed by atoms with Crippen LogP contribution in [0.2, 0.25) is 0 Å². The van der Waals surface area contributed by atoms with E-state index in [-0.39, 0.29) is 6.61 Å². The lowest BCUT2D eigenvalue weighted by atomic mass is 10.1. The zero-order chi connectivity index (χ0) is 16.6. The second-order valence-corrected chi connectivity index (χ2v) is 6.86. The molecular weight excluding hydrogens is 290 g/mol. The van der Waals surface area contributed by atoms with E-state index in [0.29, 0.717) is 6.42 Å². The molecule has 0 fully saturated rings. The fraction of sp³-hybridized carbons (Fsp3) is 1.00. The average Bonchev–Trinajstić information content (AvgIpc) is 2.34. The maximum atomic E-state index is 10.2. The molecule has 6 heteroatoms. The maximum Gasteiger partial charge on any atom is 0.397 e. The van der Waals surface area contributed by atoms with Crippen LogP contribution >= 0.6 is 0 Å². The van der Waals surface area contributed by atoms with Crippen LogP contribution in [0, 0.1) is 0 Å². The third-order valence-corrected chi connectivity index (χ3v) is 3.19. The first-order valence-electron chi connectivity index (χ1n) is 8.02. The first-order chi connectivity index (χ1) is 9.79. The molecule has 1 N–H and O–H groups in total. The Balaban J connectivity index is 0. The van der Waals surface area contributed by atoms with Crippen LogP contribution in [0.25, 0.3) is 0 Å². The molecule has 130 valence electrons. The van der Waals surface area contributed by atoms with Crippen molar-refractivity contribution < 1.29 is 17.2 Å². The van der Waals surface area contributed by atoms with Crippen LogP contribution in [0.1, 0.15) is 71.1 Å². The van der Waals surface area contributed by atoms with E-state index in [2.05, 4.69) is 11.1 Å². The van der Waals surface area contributed by atoms with Crippen LogP contribution < -0.4 is 0 Å². The average molecular weight is 326 g/mol. The monoisotopic (exact) mass is 325 g/mol. The first kappa shape index (κ1) is 23.1. The standard InChI is InChI=1S/C12H26O4S.C3H9N/c1-2-3-4-5-6-7-8-9-10-11-12-16-17(13,14)15;1-4(2)3/h2-12H2,1H3,(H,13,14,15);1-3H3.